The van der Waals surface area contributed by atoms with Crippen LogP contribution in [0, 0.1) is 0 Å². The highest BCUT2D eigenvalue weighted by Crippen LogP contribution is 2.28. The molecule has 0 bridgehead atoms. The number of nitrogens with zero attached hydrogens (tertiary/aromatic N) is 1. The lowest BCUT2D eigenvalue weighted by Gasteiger charge is -2.12. The summed E-state index contributed by atoms with van der Waals surface area (Å²) < 4.78 is 2.03. The summed E-state index contributed by atoms with van der Waals surface area (Å²) in [5.41, 5.74) is 3.69. The molecule has 1 heterocycles. The predicted octanol–water partition coefficient (Wildman–Crippen LogP) is 3.85. The molecule has 4 rings (SSSR count). The molecule has 0 atom stereocenters. The van der Waals surface area contributed by atoms with Gasteiger partial charge in [-0.1, -0.05) is 66.7 Å². The van der Waals surface area contributed by atoms with E-state index in [0.29, 0.717) is 18.7 Å². The smallest absolute Gasteiger partial charge is 0.251 e. The molecular weight excluding hydrogens is 374 g/mol. The minimum atomic E-state index is -0.146. The van der Waals surface area contributed by atoms with Crippen molar-refractivity contribution in [1.29, 1.82) is 0 Å². The molecule has 5 heteroatoms. The third kappa shape index (κ3) is 4.41. The summed E-state index contributed by atoms with van der Waals surface area (Å²) in [7, 11) is 0. The van der Waals surface area contributed by atoms with E-state index in [1.54, 1.807) is 12.1 Å². The lowest BCUT2D eigenvalue weighted by molar-refractivity contribution is -0.121. The van der Waals surface area contributed by atoms with Crippen LogP contribution in [0.1, 0.15) is 10.4 Å². The van der Waals surface area contributed by atoms with Gasteiger partial charge in [0.2, 0.25) is 5.91 Å². The Bertz CT molecular complexity index is 1150. The zero-order valence-corrected chi connectivity index (χ0v) is 16.5. The first-order chi connectivity index (χ1) is 14.7. The van der Waals surface area contributed by atoms with E-state index >= 15 is 0 Å². The molecule has 4 aromatic rings. The van der Waals surface area contributed by atoms with Crippen LogP contribution in [-0.4, -0.2) is 29.5 Å². The number of fused-ring (bicyclic) bond motifs is 1. The van der Waals surface area contributed by atoms with Crippen molar-refractivity contribution in [3.8, 4) is 11.3 Å². The molecule has 2 amide bonds. The van der Waals surface area contributed by atoms with Gasteiger partial charge in [-0.15, -0.1) is 0 Å². The van der Waals surface area contributed by atoms with Crippen molar-refractivity contribution >= 4 is 22.7 Å². The molecule has 5 nitrogen and oxygen atoms in total. The van der Waals surface area contributed by atoms with Gasteiger partial charge in [0.05, 0.1) is 0 Å². The van der Waals surface area contributed by atoms with Crippen LogP contribution in [0.5, 0.6) is 0 Å². The zero-order valence-electron chi connectivity index (χ0n) is 16.5. The number of hydrogen-bond acceptors (Lipinski definition) is 2. The minimum absolute atomic E-state index is 0.0949. The first-order valence-corrected chi connectivity index (χ1v) is 9.96. The lowest BCUT2D eigenvalue weighted by Crippen LogP contribution is -2.36. The van der Waals surface area contributed by atoms with Crippen LogP contribution >= 0.6 is 0 Å². The Labute approximate surface area is 175 Å². The fraction of sp³-hybridized carbons (Fsp3) is 0.120. The molecule has 0 spiro atoms. The number of para-hydroxylation sites is 1. The van der Waals surface area contributed by atoms with E-state index < -0.39 is 0 Å². The Hall–Kier alpha value is -3.86. The highest BCUT2D eigenvalue weighted by molar-refractivity contribution is 5.94. The maximum absolute atomic E-state index is 12.6. The molecule has 0 fully saturated rings. The minimum Gasteiger partial charge on any atom is -0.353 e. The van der Waals surface area contributed by atoms with Gasteiger partial charge < -0.3 is 15.2 Å². The van der Waals surface area contributed by atoms with Gasteiger partial charge in [0.1, 0.15) is 6.54 Å². The van der Waals surface area contributed by atoms with Gasteiger partial charge in [0.25, 0.3) is 5.91 Å². The third-order valence-corrected chi connectivity index (χ3v) is 4.95. The third-order valence-electron chi connectivity index (χ3n) is 4.95. The molecule has 1 aromatic heterocycles. The molecule has 0 radical (unpaired) electrons. The summed E-state index contributed by atoms with van der Waals surface area (Å²) in [6.45, 7) is 0.957. The number of benzene rings is 3. The Morgan fingerprint density at radius 1 is 0.733 bits per heavy atom. The van der Waals surface area contributed by atoms with Crippen molar-refractivity contribution in [2.45, 2.75) is 6.54 Å². The normalized spacial score (nSPS) is 10.7. The van der Waals surface area contributed by atoms with Crippen LogP contribution in [0.15, 0.2) is 91.0 Å². The van der Waals surface area contributed by atoms with Crippen molar-refractivity contribution in [1.82, 2.24) is 15.2 Å². The Morgan fingerprint density at radius 2 is 1.37 bits per heavy atom. The average Bonchev–Trinajstić information content (AvgIpc) is 3.16. The van der Waals surface area contributed by atoms with Crippen molar-refractivity contribution < 1.29 is 9.59 Å². The van der Waals surface area contributed by atoms with E-state index in [0.717, 1.165) is 22.2 Å². The van der Waals surface area contributed by atoms with E-state index in [-0.39, 0.29) is 18.4 Å². The maximum atomic E-state index is 12.6. The van der Waals surface area contributed by atoms with Crippen LogP contribution in [0.2, 0.25) is 0 Å². The maximum Gasteiger partial charge on any atom is 0.251 e. The summed E-state index contributed by atoms with van der Waals surface area (Å²) >= 11 is 0. The molecule has 0 saturated carbocycles. The number of hydrogen-bond donors (Lipinski definition) is 2. The number of aromatic nitrogens is 1. The lowest BCUT2D eigenvalue weighted by atomic mass is 10.1. The van der Waals surface area contributed by atoms with Gasteiger partial charge in [-0.2, -0.15) is 0 Å². The summed E-state index contributed by atoms with van der Waals surface area (Å²) in [6.07, 6.45) is 0. The number of amides is 2. The molecule has 0 aliphatic heterocycles. The summed E-state index contributed by atoms with van der Waals surface area (Å²) in [6, 6.07) is 29.2. The molecule has 0 unspecified atom stereocenters. The van der Waals surface area contributed by atoms with Gasteiger partial charge in [-0.25, -0.2) is 0 Å². The second kappa shape index (κ2) is 9.09. The Kier molecular flexibility index (Phi) is 5.90. The standard InChI is InChI=1S/C25H23N3O2/c29-24(26-15-16-27-25(30)20-11-5-2-6-12-20)18-28-22-14-8-7-13-21(22)17-23(28)19-9-3-1-4-10-19/h1-14,17H,15-16,18H2,(H,26,29)(H,27,30). The quantitative estimate of drug-likeness (QED) is 0.465. The van der Waals surface area contributed by atoms with Gasteiger partial charge in [-0.3, -0.25) is 9.59 Å². The molecule has 3 aromatic carbocycles. The average molecular weight is 397 g/mol. The molecule has 150 valence electrons. The zero-order chi connectivity index (χ0) is 20.8. The van der Waals surface area contributed by atoms with E-state index in [2.05, 4.69) is 22.8 Å². The summed E-state index contributed by atoms with van der Waals surface area (Å²) in [5, 5.41) is 6.81. The fourth-order valence-corrected chi connectivity index (χ4v) is 3.50. The van der Waals surface area contributed by atoms with Crippen LogP contribution < -0.4 is 10.6 Å². The first kappa shape index (κ1) is 19.5. The van der Waals surface area contributed by atoms with Crippen LogP contribution in [0.4, 0.5) is 0 Å². The van der Waals surface area contributed by atoms with Crippen molar-refractivity contribution in [3.63, 3.8) is 0 Å². The van der Waals surface area contributed by atoms with Gasteiger partial charge >= 0.3 is 0 Å². The Balaban J connectivity index is 1.40. The first-order valence-electron chi connectivity index (χ1n) is 9.96. The largest absolute Gasteiger partial charge is 0.353 e. The van der Waals surface area contributed by atoms with Gasteiger partial charge in [-0.05, 0) is 29.8 Å². The van der Waals surface area contributed by atoms with Crippen LogP contribution in [-0.2, 0) is 11.3 Å². The monoisotopic (exact) mass is 397 g/mol. The Morgan fingerprint density at radius 3 is 2.13 bits per heavy atom. The fourth-order valence-electron chi connectivity index (χ4n) is 3.50. The number of nitrogens with one attached hydrogen (secondary N) is 2. The predicted molar refractivity (Wildman–Crippen MR) is 119 cm³/mol. The molecule has 2 N–H and O–H groups in total. The van der Waals surface area contributed by atoms with Crippen LogP contribution in [0.3, 0.4) is 0 Å². The van der Waals surface area contributed by atoms with Crippen molar-refractivity contribution in [2.24, 2.45) is 0 Å². The van der Waals surface area contributed by atoms with E-state index in [4.69, 9.17) is 0 Å². The highest BCUT2D eigenvalue weighted by atomic mass is 16.2. The number of carbonyl (C=O) groups excluding carboxylic acids is 2. The second-order valence-corrected chi connectivity index (χ2v) is 7.01. The van der Waals surface area contributed by atoms with Crippen molar-refractivity contribution in [3.05, 3.63) is 96.6 Å². The number of rotatable bonds is 7. The van der Waals surface area contributed by atoms with E-state index in [1.165, 1.54) is 0 Å². The van der Waals surface area contributed by atoms with E-state index in [9.17, 15) is 9.59 Å². The molecule has 30 heavy (non-hydrogen) atoms. The SMILES string of the molecule is O=C(Cn1c(-c2ccccc2)cc2ccccc21)NCCNC(=O)c1ccccc1. The van der Waals surface area contributed by atoms with Gasteiger partial charge in [0.15, 0.2) is 0 Å². The molecule has 0 aliphatic rings. The number of carbonyl (C=O) groups is 2. The molecule has 0 saturated heterocycles. The van der Waals surface area contributed by atoms with Gasteiger partial charge in [0, 0.05) is 35.2 Å². The molecular formula is C25H23N3O2. The van der Waals surface area contributed by atoms with Crippen molar-refractivity contribution in [2.75, 3.05) is 13.1 Å². The topological polar surface area (TPSA) is 63.1 Å². The summed E-state index contributed by atoms with van der Waals surface area (Å²) in [5.74, 6) is -0.241. The second-order valence-electron chi connectivity index (χ2n) is 7.01. The summed E-state index contributed by atoms with van der Waals surface area (Å²) in [4.78, 5) is 24.7. The molecule has 0 aliphatic carbocycles. The van der Waals surface area contributed by atoms with E-state index in [1.807, 2.05) is 71.3 Å². The van der Waals surface area contributed by atoms with Crippen LogP contribution in [0.25, 0.3) is 22.2 Å². The highest BCUT2D eigenvalue weighted by Gasteiger charge is 2.13.